The van der Waals surface area contributed by atoms with E-state index in [1.807, 2.05) is 0 Å². The maximum atomic E-state index is 3.45. The monoisotopic (exact) mass is 261 g/mol. The minimum atomic E-state index is 0.580. The van der Waals surface area contributed by atoms with Crippen molar-refractivity contribution < 1.29 is 0 Å². The molecule has 1 N–H and O–H groups in total. The van der Waals surface area contributed by atoms with Crippen molar-refractivity contribution in [2.75, 3.05) is 37.5 Å². The number of anilines is 2. The third-order valence-corrected chi connectivity index (χ3v) is 4.64. The van der Waals surface area contributed by atoms with Crippen LogP contribution in [0.1, 0.15) is 20.3 Å². The zero-order valence-electron chi connectivity index (χ0n) is 12.9. The summed E-state index contributed by atoms with van der Waals surface area (Å²) in [5.41, 5.74) is 2.61. The predicted octanol–water partition coefficient (Wildman–Crippen LogP) is 2.58. The number of rotatable bonds is 3. The van der Waals surface area contributed by atoms with Crippen LogP contribution < -0.4 is 15.1 Å². The summed E-state index contributed by atoms with van der Waals surface area (Å²) in [4.78, 5) is 4.68. The van der Waals surface area contributed by atoms with E-state index < -0.39 is 0 Å². The highest BCUT2D eigenvalue weighted by Gasteiger charge is 2.31. The van der Waals surface area contributed by atoms with Crippen molar-refractivity contribution in [2.24, 2.45) is 5.92 Å². The van der Waals surface area contributed by atoms with Crippen LogP contribution in [0.5, 0.6) is 0 Å². The molecule has 1 heterocycles. The lowest BCUT2D eigenvalue weighted by molar-refractivity contribution is 0.283. The van der Waals surface area contributed by atoms with Gasteiger partial charge in [0.15, 0.2) is 0 Å². The number of benzene rings is 1. The van der Waals surface area contributed by atoms with Crippen LogP contribution in [0, 0.1) is 5.92 Å². The van der Waals surface area contributed by atoms with Crippen molar-refractivity contribution in [2.45, 2.75) is 32.4 Å². The van der Waals surface area contributed by atoms with E-state index in [2.05, 4.69) is 74.4 Å². The molecule has 0 saturated carbocycles. The fourth-order valence-electron chi connectivity index (χ4n) is 3.08. The first kappa shape index (κ1) is 14.2. The van der Waals surface area contributed by atoms with Crippen molar-refractivity contribution in [3.63, 3.8) is 0 Å². The second-order valence-corrected chi connectivity index (χ2v) is 5.89. The molecule has 1 aromatic rings. The van der Waals surface area contributed by atoms with Gasteiger partial charge in [0.25, 0.3) is 0 Å². The molecule has 0 spiro atoms. The smallest absolute Gasteiger partial charge is 0.0370 e. The lowest BCUT2D eigenvalue weighted by atomic mass is 9.87. The first-order valence-electron chi connectivity index (χ1n) is 7.26. The second kappa shape index (κ2) is 5.83. The minimum absolute atomic E-state index is 0.580. The summed E-state index contributed by atoms with van der Waals surface area (Å²) in [5, 5.41) is 3.45. The highest BCUT2D eigenvalue weighted by atomic mass is 15.2. The molecular formula is C16H27N3. The van der Waals surface area contributed by atoms with Crippen LogP contribution in [-0.4, -0.2) is 39.8 Å². The predicted molar refractivity (Wildman–Crippen MR) is 84.2 cm³/mol. The largest absolute Gasteiger partial charge is 0.378 e. The summed E-state index contributed by atoms with van der Waals surface area (Å²) in [6.45, 7) is 5.83. The zero-order chi connectivity index (χ0) is 14.0. The highest BCUT2D eigenvalue weighted by Crippen LogP contribution is 2.29. The van der Waals surface area contributed by atoms with Gasteiger partial charge in [-0.05, 0) is 50.6 Å². The Morgan fingerprint density at radius 2 is 1.79 bits per heavy atom. The van der Waals surface area contributed by atoms with Crippen molar-refractivity contribution in [3.05, 3.63) is 24.3 Å². The van der Waals surface area contributed by atoms with Crippen LogP contribution in [-0.2, 0) is 0 Å². The third kappa shape index (κ3) is 2.86. The molecule has 1 fully saturated rings. The van der Waals surface area contributed by atoms with Gasteiger partial charge in [0.05, 0.1) is 0 Å². The Kier molecular flexibility index (Phi) is 4.35. The van der Waals surface area contributed by atoms with E-state index in [0.717, 1.165) is 6.54 Å². The van der Waals surface area contributed by atoms with Gasteiger partial charge in [0, 0.05) is 44.1 Å². The Labute approximate surface area is 117 Å². The number of nitrogens with one attached hydrogen (secondary N) is 1. The first-order chi connectivity index (χ1) is 9.04. The average Bonchev–Trinajstić information content (AvgIpc) is 2.42. The van der Waals surface area contributed by atoms with Crippen LogP contribution in [0.3, 0.4) is 0 Å². The van der Waals surface area contributed by atoms with E-state index in [9.17, 15) is 0 Å². The van der Waals surface area contributed by atoms with Crippen molar-refractivity contribution in [3.8, 4) is 0 Å². The molecule has 0 bridgehead atoms. The molecule has 106 valence electrons. The molecule has 3 atom stereocenters. The third-order valence-electron chi connectivity index (χ3n) is 4.64. The van der Waals surface area contributed by atoms with Crippen LogP contribution in [0.25, 0.3) is 0 Å². The van der Waals surface area contributed by atoms with E-state index in [1.54, 1.807) is 0 Å². The van der Waals surface area contributed by atoms with E-state index in [0.29, 0.717) is 18.0 Å². The van der Waals surface area contributed by atoms with Gasteiger partial charge in [0.2, 0.25) is 0 Å². The topological polar surface area (TPSA) is 18.5 Å². The molecule has 3 nitrogen and oxygen atoms in total. The van der Waals surface area contributed by atoms with Gasteiger partial charge in [-0.3, -0.25) is 0 Å². The second-order valence-electron chi connectivity index (χ2n) is 5.89. The summed E-state index contributed by atoms with van der Waals surface area (Å²) in [5.74, 6) is 0.673. The Bertz CT molecular complexity index is 399. The summed E-state index contributed by atoms with van der Waals surface area (Å²) in [6, 6.07) is 10.1. The zero-order valence-corrected chi connectivity index (χ0v) is 12.9. The Morgan fingerprint density at radius 3 is 2.32 bits per heavy atom. The molecule has 3 heteroatoms. The van der Waals surface area contributed by atoms with Crippen molar-refractivity contribution in [1.82, 2.24) is 5.32 Å². The molecule has 2 rings (SSSR count). The Hall–Kier alpha value is -1.22. The number of piperidine rings is 1. The minimum Gasteiger partial charge on any atom is -0.378 e. The van der Waals surface area contributed by atoms with Gasteiger partial charge in [-0.25, -0.2) is 0 Å². The van der Waals surface area contributed by atoms with Gasteiger partial charge < -0.3 is 15.1 Å². The maximum absolute atomic E-state index is 3.45. The molecular weight excluding hydrogens is 234 g/mol. The van der Waals surface area contributed by atoms with Gasteiger partial charge >= 0.3 is 0 Å². The fraction of sp³-hybridized carbons (Fsp3) is 0.625. The molecule has 0 aliphatic carbocycles. The van der Waals surface area contributed by atoms with E-state index in [4.69, 9.17) is 0 Å². The highest BCUT2D eigenvalue weighted by molar-refractivity contribution is 5.56. The molecule has 19 heavy (non-hydrogen) atoms. The van der Waals surface area contributed by atoms with Crippen molar-refractivity contribution in [1.29, 1.82) is 0 Å². The van der Waals surface area contributed by atoms with E-state index in [-0.39, 0.29) is 0 Å². The van der Waals surface area contributed by atoms with E-state index >= 15 is 0 Å². The lowest BCUT2D eigenvalue weighted by Crippen LogP contribution is -2.52. The van der Waals surface area contributed by atoms with Gasteiger partial charge in [-0.1, -0.05) is 6.92 Å². The first-order valence-corrected chi connectivity index (χ1v) is 7.26. The standard InChI is InChI=1S/C16H27N3/c1-12-13(2)19(11-10-16(12)17-3)15-8-6-14(7-9-15)18(4)5/h6-9,12-13,16-17H,10-11H2,1-5H3. The fourth-order valence-corrected chi connectivity index (χ4v) is 3.08. The normalized spacial score (nSPS) is 27.4. The summed E-state index contributed by atoms with van der Waals surface area (Å²) < 4.78 is 0. The summed E-state index contributed by atoms with van der Waals surface area (Å²) in [7, 11) is 6.24. The molecule has 1 saturated heterocycles. The van der Waals surface area contributed by atoms with Crippen LogP contribution >= 0.6 is 0 Å². The molecule has 1 aliphatic rings. The van der Waals surface area contributed by atoms with Crippen molar-refractivity contribution >= 4 is 11.4 Å². The lowest BCUT2D eigenvalue weighted by Gasteiger charge is -2.44. The number of hydrogen-bond acceptors (Lipinski definition) is 3. The Morgan fingerprint density at radius 1 is 1.16 bits per heavy atom. The summed E-state index contributed by atoms with van der Waals surface area (Å²) in [6.07, 6.45) is 1.22. The SMILES string of the molecule is CNC1CCN(c2ccc(N(C)C)cc2)C(C)C1C. The molecule has 0 aromatic heterocycles. The van der Waals surface area contributed by atoms with Gasteiger partial charge in [-0.15, -0.1) is 0 Å². The average molecular weight is 261 g/mol. The van der Waals surface area contributed by atoms with Gasteiger partial charge in [0.1, 0.15) is 0 Å². The maximum Gasteiger partial charge on any atom is 0.0370 e. The van der Waals surface area contributed by atoms with Gasteiger partial charge in [-0.2, -0.15) is 0 Å². The summed E-state index contributed by atoms with van der Waals surface area (Å²) >= 11 is 0. The molecule has 1 aliphatic heterocycles. The number of hydrogen-bond donors (Lipinski definition) is 1. The molecule has 3 unspecified atom stereocenters. The molecule has 1 aromatic carbocycles. The Balaban J connectivity index is 2.13. The van der Waals surface area contributed by atoms with Crippen LogP contribution in [0.2, 0.25) is 0 Å². The quantitative estimate of drug-likeness (QED) is 0.902. The molecule has 0 radical (unpaired) electrons. The van der Waals surface area contributed by atoms with E-state index in [1.165, 1.54) is 17.8 Å². The van der Waals surface area contributed by atoms with Crippen LogP contribution in [0.4, 0.5) is 11.4 Å². The number of nitrogens with zero attached hydrogens (tertiary/aromatic N) is 2. The van der Waals surface area contributed by atoms with Crippen LogP contribution in [0.15, 0.2) is 24.3 Å². The molecule has 0 amide bonds.